The normalized spacial score (nSPS) is 12.1. The van der Waals surface area contributed by atoms with Crippen LogP contribution >= 0.6 is 11.6 Å². The van der Waals surface area contributed by atoms with Gasteiger partial charge in [-0.3, -0.25) is 4.55 Å². The molecule has 0 aliphatic rings. The van der Waals surface area contributed by atoms with Gasteiger partial charge in [-0.1, -0.05) is 11.6 Å². The van der Waals surface area contributed by atoms with E-state index in [1.54, 1.807) is 24.3 Å². The Morgan fingerprint density at radius 1 is 0.690 bits per heavy atom. The average molecular weight is 433 g/mol. The first-order valence-electron chi connectivity index (χ1n) is 7.95. The number of hydrogen-bond acceptors (Lipinski definition) is 8. The Kier molecular flexibility index (Phi) is 5.87. The van der Waals surface area contributed by atoms with Gasteiger partial charge in [-0.25, -0.2) is 0 Å². The maximum absolute atomic E-state index is 11.0. The highest BCUT2D eigenvalue weighted by atomic mass is 35.5. The Morgan fingerprint density at radius 3 is 1.59 bits per heavy atom. The summed E-state index contributed by atoms with van der Waals surface area (Å²) in [7, 11) is -4.31. The van der Waals surface area contributed by atoms with E-state index in [0.29, 0.717) is 10.7 Å². The van der Waals surface area contributed by atoms with Gasteiger partial charge in [-0.05, 0) is 48.5 Å². The minimum Gasteiger partial charge on any atom is -0.505 e. The number of benzene rings is 3. The van der Waals surface area contributed by atoms with E-state index in [1.807, 2.05) is 0 Å². The summed E-state index contributed by atoms with van der Waals surface area (Å²) in [4.78, 5) is -0.283. The molecular formula is C18H13ClN4O5S. The summed E-state index contributed by atoms with van der Waals surface area (Å²) in [5.41, 5.74) is 0.832. The first-order chi connectivity index (χ1) is 13.7. The van der Waals surface area contributed by atoms with Crippen LogP contribution in [-0.4, -0.2) is 23.2 Å². The van der Waals surface area contributed by atoms with E-state index in [0.717, 1.165) is 18.2 Å². The van der Waals surface area contributed by atoms with Gasteiger partial charge in [0.1, 0.15) is 22.9 Å². The van der Waals surface area contributed by atoms with Crippen LogP contribution in [0.2, 0.25) is 5.02 Å². The maximum Gasteiger partial charge on any atom is 0.294 e. The highest BCUT2D eigenvalue weighted by molar-refractivity contribution is 7.85. The fourth-order valence-electron chi connectivity index (χ4n) is 2.13. The fraction of sp³-hybridized carbons (Fsp3) is 0. The molecule has 0 saturated heterocycles. The Labute approximate surface area is 170 Å². The zero-order valence-corrected chi connectivity index (χ0v) is 16.1. The molecule has 0 unspecified atom stereocenters. The monoisotopic (exact) mass is 432 g/mol. The molecule has 3 rings (SSSR count). The molecule has 3 aromatic carbocycles. The lowest BCUT2D eigenvalue weighted by molar-refractivity contribution is 0.452. The molecule has 29 heavy (non-hydrogen) atoms. The lowest BCUT2D eigenvalue weighted by Crippen LogP contribution is -1.96. The van der Waals surface area contributed by atoms with Gasteiger partial charge in [0.25, 0.3) is 10.1 Å². The number of phenolic OH excluding ortho intramolecular Hbond substituents is 2. The van der Waals surface area contributed by atoms with Gasteiger partial charge in [-0.2, -0.15) is 18.6 Å². The van der Waals surface area contributed by atoms with Crippen molar-refractivity contribution in [2.75, 3.05) is 0 Å². The van der Waals surface area contributed by atoms with E-state index in [4.69, 9.17) is 16.2 Å². The molecule has 9 nitrogen and oxygen atoms in total. The number of phenols is 2. The third kappa shape index (κ3) is 5.35. The first-order valence-corrected chi connectivity index (χ1v) is 9.77. The zero-order valence-electron chi connectivity index (χ0n) is 14.5. The number of aromatic hydroxyl groups is 2. The summed E-state index contributed by atoms with van der Waals surface area (Å²) >= 11 is 5.80. The number of halogens is 1. The van der Waals surface area contributed by atoms with E-state index in [2.05, 4.69) is 20.5 Å². The van der Waals surface area contributed by atoms with Gasteiger partial charge in [0.15, 0.2) is 0 Å². The molecule has 0 fully saturated rings. The molecule has 0 atom stereocenters. The molecule has 3 aromatic rings. The fourth-order valence-corrected chi connectivity index (χ4v) is 2.74. The first kappa shape index (κ1) is 20.4. The number of hydrogen-bond donors (Lipinski definition) is 3. The Bertz CT molecular complexity index is 1190. The van der Waals surface area contributed by atoms with Crippen molar-refractivity contribution in [3.8, 4) is 11.5 Å². The molecule has 0 spiro atoms. The molecule has 11 heteroatoms. The van der Waals surface area contributed by atoms with Gasteiger partial charge in [0, 0.05) is 17.2 Å². The summed E-state index contributed by atoms with van der Waals surface area (Å²) in [5.74, 6) is -0.650. The van der Waals surface area contributed by atoms with Crippen LogP contribution in [-0.2, 0) is 10.1 Å². The van der Waals surface area contributed by atoms with Crippen molar-refractivity contribution in [1.82, 2.24) is 0 Å². The zero-order chi connectivity index (χ0) is 21.0. The predicted octanol–water partition coefficient (Wildman–Crippen LogP) is 5.83. The lowest BCUT2D eigenvalue weighted by atomic mass is 10.2. The summed E-state index contributed by atoms with van der Waals surface area (Å²) in [6.07, 6.45) is 0. The van der Waals surface area contributed by atoms with Gasteiger partial charge < -0.3 is 10.2 Å². The molecule has 0 aliphatic heterocycles. The second kappa shape index (κ2) is 8.35. The van der Waals surface area contributed by atoms with E-state index in [-0.39, 0.29) is 33.5 Å². The summed E-state index contributed by atoms with van der Waals surface area (Å²) < 4.78 is 31.0. The third-order valence-electron chi connectivity index (χ3n) is 3.58. The largest absolute Gasteiger partial charge is 0.505 e. The number of nitrogens with zero attached hydrogens (tertiary/aromatic N) is 4. The summed E-state index contributed by atoms with van der Waals surface area (Å²) in [5, 5.41) is 36.1. The van der Waals surface area contributed by atoms with Crippen LogP contribution in [0.1, 0.15) is 0 Å². The van der Waals surface area contributed by atoms with Gasteiger partial charge in [-0.15, -0.1) is 10.2 Å². The van der Waals surface area contributed by atoms with Crippen LogP contribution in [0.25, 0.3) is 0 Å². The van der Waals surface area contributed by atoms with E-state index in [1.165, 1.54) is 18.2 Å². The molecule has 0 amide bonds. The Hall–Kier alpha value is -3.34. The highest BCUT2D eigenvalue weighted by Crippen LogP contribution is 2.39. The smallest absolute Gasteiger partial charge is 0.294 e. The molecule has 0 aromatic heterocycles. The molecule has 0 bridgehead atoms. The second-order valence-corrected chi connectivity index (χ2v) is 7.53. The maximum atomic E-state index is 11.0. The molecule has 0 saturated carbocycles. The minimum atomic E-state index is -4.31. The average Bonchev–Trinajstić information content (AvgIpc) is 2.67. The van der Waals surface area contributed by atoms with Crippen molar-refractivity contribution >= 4 is 44.5 Å². The SMILES string of the molecule is O=S(=O)(O)c1ccc(N=Nc2cc(N=Nc3ccc(Cl)cc3)c(O)cc2O)cc1. The van der Waals surface area contributed by atoms with E-state index < -0.39 is 10.1 Å². The van der Waals surface area contributed by atoms with Gasteiger partial charge in [0.05, 0.1) is 16.3 Å². The Balaban J connectivity index is 1.85. The van der Waals surface area contributed by atoms with Crippen molar-refractivity contribution in [2.45, 2.75) is 4.90 Å². The van der Waals surface area contributed by atoms with Crippen LogP contribution in [0, 0.1) is 0 Å². The van der Waals surface area contributed by atoms with E-state index >= 15 is 0 Å². The van der Waals surface area contributed by atoms with Crippen LogP contribution < -0.4 is 0 Å². The van der Waals surface area contributed by atoms with Crippen LogP contribution in [0.3, 0.4) is 0 Å². The standard InChI is InChI=1S/C18H13ClN4O5S/c19-11-1-3-12(4-2-11)20-22-15-9-16(18(25)10-17(15)24)23-21-13-5-7-14(8-6-13)29(26,27)28/h1-10,24-25H,(H,26,27,28). The van der Waals surface area contributed by atoms with Crippen LogP contribution in [0.4, 0.5) is 22.7 Å². The predicted molar refractivity (Wildman–Crippen MR) is 106 cm³/mol. The van der Waals surface area contributed by atoms with Crippen molar-refractivity contribution in [3.63, 3.8) is 0 Å². The van der Waals surface area contributed by atoms with Crippen molar-refractivity contribution < 1.29 is 23.2 Å². The molecule has 3 N–H and O–H groups in total. The summed E-state index contributed by atoms with van der Waals surface area (Å²) in [6, 6.07) is 13.8. The third-order valence-corrected chi connectivity index (χ3v) is 4.70. The van der Waals surface area contributed by atoms with Gasteiger partial charge >= 0.3 is 0 Å². The quantitative estimate of drug-likeness (QED) is 0.343. The molecule has 0 aliphatic carbocycles. The highest BCUT2D eigenvalue weighted by Gasteiger charge is 2.10. The molecular weight excluding hydrogens is 420 g/mol. The molecule has 0 radical (unpaired) electrons. The number of azo groups is 2. The van der Waals surface area contributed by atoms with Crippen molar-refractivity contribution in [2.24, 2.45) is 20.5 Å². The molecule has 148 valence electrons. The van der Waals surface area contributed by atoms with Crippen LogP contribution in [0.5, 0.6) is 11.5 Å². The minimum absolute atomic E-state index is 0.00622. The molecule has 0 heterocycles. The van der Waals surface area contributed by atoms with Gasteiger partial charge in [0.2, 0.25) is 0 Å². The summed E-state index contributed by atoms with van der Waals surface area (Å²) in [6.45, 7) is 0. The Morgan fingerprint density at radius 2 is 1.14 bits per heavy atom. The van der Waals surface area contributed by atoms with Crippen molar-refractivity contribution in [1.29, 1.82) is 0 Å². The topological polar surface area (TPSA) is 144 Å². The number of rotatable bonds is 5. The van der Waals surface area contributed by atoms with Crippen molar-refractivity contribution in [3.05, 3.63) is 65.7 Å². The van der Waals surface area contributed by atoms with Crippen LogP contribution in [0.15, 0.2) is 86.0 Å². The second-order valence-electron chi connectivity index (χ2n) is 5.68. The van der Waals surface area contributed by atoms with E-state index in [9.17, 15) is 18.6 Å². The lowest BCUT2D eigenvalue weighted by Gasteiger charge is -2.03.